The maximum Gasteiger partial charge on any atom is 0.298 e. The van der Waals surface area contributed by atoms with Gasteiger partial charge in [-0.15, -0.1) is 0 Å². The number of hydrogen-bond acceptors (Lipinski definition) is 1. The quantitative estimate of drug-likeness (QED) is 0.423. The van der Waals surface area contributed by atoms with Gasteiger partial charge in [-0.3, -0.25) is 0 Å². The molecule has 56 valence electrons. The summed E-state index contributed by atoms with van der Waals surface area (Å²) in [6, 6.07) is 0. The van der Waals surface area contributed by atoms with Crippen LogP contribution in [0, 0.1) is 0 Å². The van der Waals surface area contributed by atoms with Crippen LogP contribution in [0.3, 0.4) is 0 Å². The average Bonchev–Trinajstić information content (AvgIpc) is 1.63. The highest BCUT2D eigenvalue weighted by atomic mass is 127. The Bertz CT molecular complexity index is 71.8. The number of ether oxygens (including phenoxy) is 1. The molecule has 0 atom stereocenters. The van der Waals surface area contributed by atoms with Crippen LogP contribution in [0.2, 0.25) is 0 Å². The lowest BCUT2D eigenvalue weighted by Crippen LogP contribution is -2.08. The van der Waals surface area contributed by atoms with Gasteiger partial charge in [-0.25, -0.2) is 0 Å². The molecule has 0 N–H and O–H groups in total. The average molecular weight is 250 g/mol. The fraction of sp³-hybridized carbons (Fsp3) is 1.00. The van der Waals surface area contributed by atoms with Crippen molar-refractivity contribution in [1.82, 2.24) is 0 Å². The second-order valence-corrected chi connectivity index (χ2v) is 3.14. The Hall–Kier alpha value is 0.550. The summed E-state index contributed by atoms with van der Waals surface area (Å²) in [6.07, 6.45) is -0.193. The SMILES string of the molecule is CCOCCC(F)(F)I. The van der Waals surface area contributed by atoms with Crippen LogP contribution in [0.4, 0.5) is 8.78 Å². The Morgan fingerprint density at radius 1 is 1.56 bits per heavy atom. The standard InChI is InChI=1S/C5H9F2IO/c1-2-9-4-3-5(6,7)8/h2-4H2,1H3. The first-order valence-corrected chi connectivity index (χ1v) is 3.78. The molecule has 0 unspecified atom stereocenters. The van der Waals surface area contributed by atoms with Crippen LogP contribution in [0.5, 0.6) is 0 Å². The fourth-order valence-corrected chi connectivity index (χ4v) is 0.552. The molecule has 0 aromatic carbocycles. The summed E-state index contributed by atoms with van der Waals surface area (Å²) >= 11 is 1.10. The van der Waals surface area contributed by atoms with E-state index in [0.29, 0.717) is 6.61 Å². The highest BCUT2D eigenvalue weighted by Gasteiger charge is 2.22. The van der Waals surface area contributed by atoms with E-state index in [1.165, 1.54) is 0 Å². The van der Waals surface area contributed by atoms with Gasteiger partial charge in [0, 0.05) is 13.0 Å². The smallest absolute Gasteiger partial charge is 0.298 e. The summed E-state index contributed by atoms with van der Waals surface area (Å²) in [4.78, 5) is 0. The Balaban J connectivity index is 3.07. The zero-order valence-corrected chi connectivity index (χ0v) is 7.32. The van der Waals surface area contributed by atoms with Crippen LogP contribution < -0.4 is 0 Å². The van der Waals surface area contributed by atoms with Crippen molar-refractivity contribution in [3.05, 3.63) is 0 Å². The van der Waals surface area contributed by atoms with Crippen molar-refractivity contribution in [2.45, 2.75) is 17.3 Å². The van der Waals surface area contributed by atoms with Gasteiger partial charge in [0.05, 0.1) is 6.61 Å². The van der Waals surface area contributed by atoms with Gasteiger partial charge in [0.25, 0.3) is 3.93 Å². The third-order valence-electron chi connectivity index (χ3n) is 0.734. The monoisotopic (exact) mass is 250 g/mol. The summed E-state index contributed by atoms with van der Waals surface area (Å²) in [6.45, 7) is 2.44. The minimum absolute atomic E-state index is 0.145. The molecule has 0 heterocycles. The Morgan fingerprint density at radius 2 is 2.11 bits per heavy atom. The summed E-state index contributed by atoms with van der Waals surface area (Å²) < 4.78 is 26.0. The van der Waals surface area contributed by atoms with Gasteiger partial charge in [0.1, 0.15) is 0 Å². The van der Waals surface area contributed by atoms with Crippen molar-refractivity contribution < 1.29 is 13.5 Å². The first-order valence-electron chi connectivity index (χ1n) is 2.70. The second kappa shape index (κ2) is 4.38. The summed E-state index contributed by atoms with van der Waals surface area (Å²) in [5.41, 5.74) is 0. The minimum Gasteiger partial charge on any atom is -0.381 e. The van der Waals surface area contributed by atoms with E-state index < -0.39 is 3.93 Å². The lowest BCUT2D eigenvalue weighted by molar-refractivity contribution is 0.0601. The highest BCUT2D eigenvalue weighted by Crippen LogP contribution is 2.25. The van der Waals surface area contributed by atoms with Crippen molar-refractivity contribution in [2.24, 2.45) is 0 Å². The van der Waals surface area contributed by atoms with Gasteiger partial charge in [-0.05, 0) is 29.5 Å². The molecule has 0 aromatic heterocycles. The van der Waals surface area contributed by atoms with Gasteiger partial charge in [0.15, 0.2) is 0 Å². The van der Waals surface area contributed by atoms with Crippen LogP contribution in [-0.4, -0.2) is 17.1 Å². The van der Waals surface area contributed by atoms with E-state index in [-0.39, 0.29) is 13.0 Å². The molecule has 0 saturated heterocycles. The van der Waals surface area contributed by atoms with Gasteiger partial charge >= 0.3 is 0 Å². The van der Waals surface area contributed by atoms with E-state index in [4.69, 9.17) is 4.74 Å². The van der Waals surface area contributed by atoms with Crippen LogP contribution >= 0.6 is 22.6 Å². The van der Waals surface area contributed by atoms with Crippen molar-refractivity contribution in [3.8, 4) is 0 Å². The third-order valence-corrected chi connectivity index (χ3v) is 1.27. The number of halogens is 3. The minimum atomic E-state index is -2.60. The first-order chi connectivity index (χ1) is 4.06. The Morgan fingerprint density at radius 3 is 2.44 bits per heavy atom. The van der Waals surface area contributed by atoms with E-state index in [0.717, 1.165) is 22.6 Å². The Labute approximate surface area is 66.9 Å². The zero-order valence-electron chi connectivity index (χ0n) is 5.16. The van der Waals surface area contributed by atoms with E-state index >= 15 is 0 Å². The molecule has 0 saturated carbocycles. The van der Waals surface area contributed by atoms with Gasteiger partial charge in [-0.1, -0.05) is 0 Å². The molecule has 0 aliphatic carbocycles. The summed E-state index contributed by atoms with van der Waals surface area (Å²) in [5, 5.41) is 0. The van der Waals surface area contributed by atoms with E-state index in [1.807, 2.05) is 0 Å². The molecule has 0 aliphatic heterocycles. The molecule has 0 aromatic rings. The molecule has 0 amide bonds. The molecule has 9 heavy (non-hydrogen) atoms. The normalized spacial score (nSPS) is 12.0. The third kappa shape index (κ3) is 8.55. The maximum absolute atomic E-state index is 12.0. The summed E-state index contributed by atoms with van der Waals surface area (Å²) in [5.74, 6) is 0. The second-order valence-electron chi connectivity index (χ2n) is 1.56. The van der Waals surface area contributed by atoms with Crippen LogP contribution in [0.25, 0.3) is 0 Å². The molecule has 0 aliphatic rings. The molecular weight excluding hydrogens is 241 g/mol. The van der Waals surface area contributed by atoms with Crippen molar-refractivity contribution in [3.63, 3.8) is 0 Å². The molecule has 0 radical (unpaired) electrons. The molecular formula is C5H9F2IO. The van der Waals surface area contributed by atoms with Gasteiger partial charge in [-0.2, -0.15) is 8.78 Å². The van der Waals surface area contributed by atoms with E-state index in [1.54, 1.807) is 6.92 Å². The zero-order chi connectivity index (χ0) is 7.33. The highest BCUT2D eigenvalue weighted by molar-refractivity contribution is 14.1. The van der Waals surface area contributed by atoms with Crippen LogP contribution in [0.1, 0.15) is 13.3 Å². The lowest BCUT2D eigenvalue weighted by Gasteiger charge is -2.06. The Kier molecular flexibility index (Phi) is 4.65. The van der Waals surface area contributed by atoms with Crippen molar-refractivity contribution in [1.29, 1.82) is 0 Å². The largest absolute Gasteiger partial charge is 0.381 e. The fourth-order valence-electron chi connectivity index (χ4n) is 0.332. The van der Waals surface area contributed by atoms with Gasteiger partial charge in [0.2, 0.25) is 0 Å². The van der Waals surface area contributed by atoms with Crippen molar-refractivity contribution in [2.75, 3.05) is 13.2 Å². The van der Waals surface area contributed by atoms with E-state index in [9.17, 15) is 8.78 Å². The maximum atomic E-state index is 12.0. The molecule has 1 nitrogen and oxygen atoms in total. The predicted molar refractivity (Wildman–Crippen MR) is 40.1 cm³/mol. The molecule has 0 fully saturated rings. The molecule has 4 heteroatoms. The first kappa shape index (κ1) is 9.55. The lowest BCUT2D eigenvalue weighted by atomic mass is 10.5. The topological polar surface area (TPSA) is 9.23 Å². The number of hydrogen-bond donors (Lipinski definition) is 0. The molecule has 0 rings (SSSR count). The number of rotatable bonds is 4. The molecule has 0 spiro atoms. The predicted octanol–water partition coefficient (Wildman–Crippen LogP) is 2.44. The molecule has 0 bridgehead atoms. The van der Waals surface area contributed by atoms with Crippen molar-refractivity contribution >= 4 is 22.6 Å². The van der Waals surface area contributed by atoms with Gasteiger partial charge < -0.3 is 4.74 Å². The van der Waals surface area contributed by atoms with E-state index in [2.05, 4.69) is 0 Å². The number of alkyl halides is 3. The van der Waals surface area contributed by atoms with Crippen LogP contribution in [0.15, 0.2) is 0 Å². The van der Waals surface area contributed by atoms with Crippen LogP contribution in [-0.2, 0) is 4.74 Å². The summed E-state index contributed by atoms with van der Waals surface area (Å²) in [7, 11) is 0.